The van der Waals surface area contributed by atoms with Crippen molar-refractivity contribution in [3.63, 3.8) is 0 Å². The summed E-state index contributed by atoms with van der Waals surface area (Å²) in [6, 6.07) is 4.91. The van der Waals surface area contributed by atoms with Gasteiger partial charge < -0.3 is 20.3 Å². The first-order valence-corrected chi connectivity index (χ1v) is 6.02. The van der Waals surface area contributed by atoms with E-state index >= 15 is 0 Å². The van der Waals surface area contributed by atoms with Crippen LogP contribution in [0.1, 0.15) is 24.4 Å². The van der Waals surface area contributed by atoms with Crippen molar-refractivity contribution in [2.45, 2.75) is 18.9 Å². The van der Waals surface area contributed by atoms with Crippen LogP contribution in [0.15, 0.2) is 18.2 Å². The Morgan fingerprint density at radius 2 is 1.94 bits per heavy atom. The Hall–Kier alpha value is -1.75. The van der Waals surface area contributed by atoms with E-state index in [4.69, 9.17) is 15.2 Å². The minimum Gasteiger partial charge on any atom is -0.486 e. The van der Waals surface area contributed by atoms with Crippen molar-refractivity contribution >= 4 is 5.97 Å². The van der Waals surface area contributed by atoms with Crippen LogP contribution < -0.4 is 15.2 Å². The largest absolute Gasteiger partial charge is 0.486 e. The first-order chi connectivity index (χ1) is 8.63. The highest BCUT2D eigenvalue weighted by molar-refractivity contribution is 5.79. The lowest BCUT2D eigenvalue weighted by Crippen LogP contribution is -2.30. The fourth-order valence-corrected chi connectivity index (χ4v) is 2.36. The molecule has 0 amide bonds. The van der Waals surface area contributed by atoms with Crippen molar-refractivity contribution in [2.24, 2.45) is 11.1 Å². The summed E-state index contributed by atoms with van der Waals surface area (Å²) in [6.07, 6.45) is 1.27. The Balaban J connectivity index is 1.91. The van der Waals surface area contributed by atoms with Gasteiger partial charge in [0.25, 0.3) is 0 Å². The summed E-state index contributed by atoms with van der Waals surface area (Å²) in [7, 11) is 0. The maximum absolute atomic E-state index is 11.3. The Kier molecular flexibility index (Phi) is 2.45. The van der Waals surface area contributed by atoms with Gasteiger partial charge in [-0.05, 0) is 30.5 Å². The van der Waals surface area contributed by atoms with E-state index in [2.05, 4.69) is 0 Å². The Bertz CT molecular complexity index is 496. The average molecular weight is 249 g/mol. The lowest BCUT2D eigenvalue weighted by molar-refractivity contribution is -0.144. The second-order valence-corrected chi connectivity index (χ2v) is 4.84. The van der Waals surface area contributed by atoms with E-state index in [0.717, 1.165) is 5.56 Å². The number of fused-ring (bicyclic) bond motifs is 1. The lowest BCUT2D eigenvalue weighted by atomic mass is 9.90. The molecule has 1 aliphatic heterocycles. The first kappa shape index (κ1) is 11.3. The molecule has 0 saturated heterocycles. The number of hydrogen-bond acceptors (Lipinski definition) is 4. The zero-order valence-electron chi connectivity index (χ0n) is 9.89. The van der Waals surface area contributed by atoms with Gasteiger partial charge in [-0.1, -0.05) is 6.07 Å². The van der Waals surface area contributed by atoms with Gasteiger partial charge in [-0.15, -0.1) is 0 Å². The summed E-state index contributed by atoms with van der Waals surface area (Å²) in [5.41, 5.74) is 6.10. The van der Waals surface area contributed by atoms with E-state index in [1.807, 2.05) is 6.07 Å². The molecule has 5 nitrogen and oxygen atoms in total. The van der Waals surface area contributed by atoms with Gasteiger partial charge in [0.2, 0.25) is 0 Å². The number of carboxylic acids is 1. The summed E-state index contributed by atoms with van der Waals surface area (Å²) < 4.78 is 10.9. The van der Waals surface area contributed by atoms with Gasteiger partial charge in [-0.2, -0.15) is 0 Å². The van der Waals surface area contributed by atoms with E-state index in [1.165, 1.54) is 0 Å². The molecule has 1 aromatic rings. The molecular weight excluding hydrogens is 234 g/mol. The summed E-state index contributed by atoms with van der Waals surface area (Å²) in [5, 5.41) is 9.24. The number of rotatable bonds is 3. The third-order valence-corrected chi connectivity index (χ3v) is 3.74. The number of aliphatic carboxylic acids is 1. The molecule has 0 bridgehead atoms. The minimum atomic E-state index is -0.815. The van der Waals surface area contributed by atoms with E-state index in [1.54, 1.807) is 12.1 Å². The lowest BCUT2D eigenvalue weighted by Gasteiger charge is -2.23. The highest BCUT2D eigenvalue weighted by atomic mass is 16.6. The van der Waals surface area contributed by atoms with Gasteiger partial charge in [0.15, 0.2) is 11.5 Å². The number of nitrogens with two attached hydrogens (primary N) is 1. The number of ether oxygens (including phenoxy) is 2. The molecule has 1 heterocycles. The van der Waals surface area contributed by atoms with Crippen LogP contribution >= 0.6 is 0 Å². The van der Waals surface area contributed by atoms with Crippen LogP contribution in [0.25, 0.3) is 0 Å². The second-order valence-electron chi connectivity index (χ2n) is 4.84. The molecule has 5 heteroatoms. The zero-order valence-corrected chi connectivity index (χ0v) is 9.89. The van der Waals surface area contributed by atoms with Crippen LogP contribution in [-0.2, 0) is 4.79 Å². The van der Waals surface area contributed by atoms with Crippen LogP contribution in [0.2, 0.25) is 0 Å². The average Bonchev–Trinajstić information content (AvgIpc) is 3.19. The van der Waals surface area contributed by atoms with E-state index < -0.39 is 17.4 Å². The van der Waals surface area contributed by atoms with Crippen molar-refractivity contribution in [2.75, 3.05) is 13.2 Å². The molecule has 0 radical (unpaired) electrons. The van der Waals surface area contributed by atoms with Crippen LogP contribution in [0.3, 0.4) is 0 Å². The molecule has 1 aromatic carbocycles. The first-order valence-electron chi connectivity index (χ1n) is 6.02. The van der Waals surface area contributed by atoms with Crippen molar-refractivity contribution in [1.82, 2.24) is 0 Å². The van der Waals surface area contributed by atoms with Crippen LogP contribution in [0.5, 0.6) is 11.5 Å². The third kappa shape index (κ3) is 1.62. The predicted molar refractivity (Wildman–Crippen MR) is 63.7 cm³/mol. The Morgan fingerprint density at radius 1 is 1.28 bits per heavy atom. The minimum absolute atomic E-state index is 0.495. The monoisotopic (exact) mass is 249 g/mol. The molecule has 2 aliphatic rings. The molecule has 1 aliphatic carbocycles. The number of carboxylic acid groups (broad SMARTS) is 1. The topological polar surface area (TPSA) is 81.8 Å². The van der Waals surface area contributed by atoms with Crippen molar-refractivity contribution in [1.29, 1.82) is 0 Å². The van der Waals surface area contributed by atoms with Gasteiger partial charge in [0.05, 0.1) is 5.41 Å². The van der Waals surface area contributed by atoms with Crippen molar-refractivity contribution in [3.05, 3.63) is 23.8 Å². The van der Waals surface area contributed by atoms with Crippen molar-refractivity contribution < 1.29 is 19.4 Å². The molecule has 18 heavy (non-hydrogen) atoms. The van der Waals surface area contributed by atoms with Crippen molar-refractivity contribution in [3.8, 4) is 11.5 Å². The number of benzene rings is 1. The quantitative estimate of drug-likeness (QED) is 0.844. The van der Waals surface area contributed by atoms with Gasteiger partial charge in [-0.25, -0.2) is 0 Å². The van der Waals surface area contributed by atoms with Gasteiger partial charge in [-0.3, -0.25) is 4.79 Å². The molecule has 0 aromatic heterocycles. The van der Waals surface area contributed by atoms with E-state index in [9.17, 15) is 9.90 Å². The summed E-state index contributed by atoms with van der Waals surface area (Å²) in [5.74, 6) is 0.526. The molecular formula is C13H15NO4. The number of carbonyl (C=O) groups is 1. The molecule has 1 unspecified atom stereocenters. The maximum atomic E-state index is 11.3. The summed E-state index contributed by atoms with van der Waals surface area (Å²) >= 11 is 0. The molecule has 1 fully saturated rings. The fourth-order valence-electron chi connectivity index (χ4n) is 2.36. The molecule has 96 valence electrons. The number of hydrogen-bond donors (Lipinski definition) is 2. The predicted octanol–water partition coefficient (Wildman–Crippen LogP) is 1.32. The van der Waals surface area contributed by atoms with E-state index in [0.29, 0.717) is 37.6 Å². The molecule has 1 saturated carbocycles. The zero-order chi connectivity index (χ0) is 12.8. The van der Waals surface area contributed by atoms with Crippen LogP contribution in [0.4, 0.5) is 0 Å². The summed E-state index contributed by atoms with van der Waals surface area (Å²) in [6.45, 7) is 1.05. The smallest absolute Gasteiger partial charge is 0.311 e. The highest BCUT2D eigenvalue weighted by Crippen LogP contribution is 2.54. The fraction of sp³-hybridized carbons (Fsp3) is 0.462. The molecule has 1 atom stereocenters. The highest BCUT2D eigenvalue weighted by Gasteiger charge is 2.55. The Morgan fingerprint density at radius 3 is 2.56 bits per heavy atom. The molecule has 3 N–H and O–H groups in total. The van der Waals surface area contributed by atoms with E-state index in [-0.39, 0.29) is 0 Å². The SMILES string of the molecule is NC(c1ccc2c(c1)OCCO2)C1(C(=O)O)CC1. The summed E-state index contributed by atoms with van der Waals surface area (Å²) in [4.78, 5) is 11.3. The third-order valence-electron chi connectivity index (χ3n) is 3.74. The normalized spacial score (nSPS) is 21.2. The molecule has 3 rings (SSSR count). The maximum Gasteiger partial charge on any atom is 0.311 e. The van der Waals surface area contributed by atoms with Crippen LogP contribution in [0, 0.1) is 5.41 Å². The standard InChI is InChI=1S/C13H15NO4/c14-11(13(3-4-13)12(15)16)8-1-2-9-10(7-8)18-6-5-17-9/h1-2,7,11H,3-6,14H2,(H,15,16). The second kappa shape index (κ2) is 3.88. The van der Waals surface area contributed by atoms with Crippen LogP contribution in [-0.4, -0.2) is 24.3 Å². The van der Waals surface area contributed by atoms with Gasteiger partial charge in [0.1, 0.15) is 13.2 Å². The Labute approximate surface area is 104 Å². The van der Waals surface area contributed by atoms with Gasteiger partial charge >= 0.3 is 5.97 Å². The van der Waals surface area contributed by atoms with Gasteiger partial charge in [0, 0.05) is 6.04 Å². The molecule has 0 spiro atoms.